The average Bonchev–Trinajstić information content (AvgIpc) is 2.76. The SMILES string of the molecule is CSc1n[nH]c(C=Cc2ccccc2)n1. The van der Waals surface area contributed by atoms with E-state index >= 15 is 0 Å². The van der Waals surface area contributed by atoms with Crippen molar-refractivity contribution in [3.8, 4) is 0 Å². The molecule has 3 nitrogen and oxygen atoms in total. The van der Waals surface area contributed by atoms with Crippen LogP contribution in [-0.2, 0) is 0 Å². The lowest BCUT2D eigenvalue weighted by molar-refractivity contribution is 0.975. The number of aromatic amines is 1. The molecule has 1 N–H and O–H groups in total. The molecule has 4 heteroatoms. The molecule has 2 rings (SSSR count). The van der Waals surface area contributed by atoms with Gasteiger partial charge in [0.25, 0.3) is 0 Å². The molecule has 0 bridgehead atoms. The van der Waals surface area contributed by atoms with E-state index in [4.69, 9.17) is 0 Å². The molecule has 2 aromatic rings. The Kier molecular flexibility index (Phi) is 3.19. The monoisotopic (exact) mass is 217 g/mol. The van der Waals surface area contributed by atoms with Gasteiger partial charge in [-0.3, -0.25) is 5.10 Å². The molecule has 1 aromatic carbocycles. The van der Waals surface area contributed by atoms with Crippen LogP contribution in [0.2, 0.25) is 0 Å². The highest BCUT2D eigenvalue weighted by molar-refractivity contribution is 7.98. The van der Waals surface area contributed by atoms with Crippen LogP contribution in [0.3, 0.4) is 0 Å². The summed E-state index contributed by atoms with van der Waals surface area (Å²) < 4.78 is 0. The Bertz CT molecular complexity index is 448. The zero-order chi connectivity index (χ0) is 10.5. The Morgan fingerprint density at radius 2 is 2.00 bits per heavy atom. The molecule has 0 aliphatic carbocycles. The van der Waals surface area contributed by atoms with Gasteiger partial charge in [-0.1, -0.05) is 48.2 Å². The molecular weight excluding hydrogens is 206 g/mol. The van der Waals surface area contributed by atoms with Crippen molar-refractivity contribution in [2.75, 3.05) is 6.26 Å². The maximum Gasteiger partial charge on any atom is 0.208 e. The Balaban J connectivity index is 2.11. The summed E-state index contributed by atoms with van der Waals surface area (Å²) in [7, 11) is 0. The molecule has 0 saturated heterocycles. The predicted octanol–water partition coefficient (Wildman–Crippen LogP) is 2.70. The van der Waals surface area contributed by atoms with Crippen molar-refractivity contribution in [2.24, 2.45) is 0 Å². The van der Waals surface area contributed by atoms with E-state index in [0.717, 1.165) is 16.5 Å². The normalized spacial score (nSPS) is 11.0. The van der Waals surface area contributed by atoms with Crippen LogP contribution in [0.15, 0.2) is 35.5 Å². The minimum absolute atomic E-state index is 0.766. The van der Waals surface area contributed by atoms with E-state index in [1.165, 1.54) is 11.8 Å². The molecule has 76 valence electrons. The van der Waals surface area contributed by atoms with Gasteiger partial charge in [0.1, 0.15) is 5.82 Å². The molecule has 0 spiro atoms. The molecule has 0 aliphatic heterocycles. The second kappa shape index (κ2) is 4.79. The van der Waals surface area contributed by atoms with E-state index in [1.54, 1.807) is 0 Å². The third kappa shape index (κ3) is 2.70. The maximum atomic E-state index is 4.25. The molecule has 0 saturated carbocycles. The molecule has 0 aliphatic rings. The van der Waals surface area contributed by atoms with Crippen molar-refractivity contribution in [3.63, 3.8) is 0 Å². The lowest BCUT2D eigenvalue weighted by Gasteiger charge is -1.89. The van der Waals surface area contributed by atoms with Crippen LogP contribution in [0.25, 0.3) is 12.2 Å². The highest BCUT2D eigenvalue weighted by atomic mass is 32.2. The highest BCUT2D eigenvalue weighted by Gasteiger charge is 1.96. The smallest absolute Gasteiger partial charge is 0.208 e. The first-order valence-corrected chi connectivity index (χ1v) is 5.80. The summed E-state index contributed by atoms with van der Waals surface area (Å²) in [6, 6.07) is 10.1. The fourth-order valence-corrected chi connectivity index (χ4v) is 1.49. The number of nitrogens with zero attached hydrogens (tertiary/aromatic N) is 2. The minimum atomic E-state index is 0.766. The van der Waals surface area contributed by atoms with Crippen molar-refractivity contribution in [2.45, 2.75) is 5.16 Å². The Morgan fingerprint density at radius 3 is 2.67 bits per heavy atom. The number of thioether (sulfide) groups is 1. The number of hydrogen-bond acceptors (Lipinski definition) is 3. The maximum absolute atomic E-state index is 4.25. The molecule has 1 aromatic heterocycles. The third-order valence-corrected chi connectivity index (χ3v) is 2.45. The summed E-state index contributed by atoms with van der Waals surface area (Å²) in [6.07, 6.45) is 5.88. The van der Waals surface area contributed by atoms with Crippen molar-refractivity contribution in [1.82, 2.24) is 15.2 Å². The van der Waals surface area contributed by atoms with Gasteiger partial charge in [-0.15, -0.1) is 5.10 Å². The van der Waals surface area contributed by atoms with Gasteiger partial charge in [0.15, 0.2) is 0 Å². The van der Waals surface area contributed by atoms with Crippen molar-refractivity contribution >= 4 is 23.9 Å². The molecule has 0 atom stereocenters. The summed E-state index contributed by atoms with van der Waals surface area (Å²) >= 11 is 1.52. The number of benzene rings is 1. The fourth-order valence-electron chi connectivity index (χ4n) is 1.16. The second-order valence-electron chi connectivity index (χ2n) is 2.95. The van der Waals surface area contributed by atoms with Crippen molar-refractivity contribution in [3.05, 3.63) is 41.7 Å². The van der Waals surface area contributed by atoms with Gasteiger partial charge in [0, 0.05) is 0 Å². The molecule has 0 unspecified atom stereocenters. The number of aromatic nitrogens is 3. The molecule has 0 amide bonds. The number of H-pyrrole nitrogens is 1. The number of nitrogens with one attached hydrogen (secondary N) is 1. The van der Waals surface area contributed by atoms with E-state index in [-0.39, 0.29) is 0 Å². The van der Waals surface area contributed by atoms with Gasteiger partial charge < -0.3 is 0 Å². The van der Waals surface area contributed by atoms with Gasteiger partial charge in [0.05, 0.1) is 0 Å². The summed E-state index contributed by atoms with van der Waals surface area (Å²) in [5.41, 5.74) is 1.15. The summed E-state index contributed by atoms with van der Waals surface area (Å²) in [4.78, 5) is 4.25. The predicted molar refractivity (Wildman–Crippen MR) is 63.5 cm³/mol. The van der Waals surface area contributed by atoms with E-state index in [2.05, 4.69) is 15.2 Å². The largest absolute Gasteiger partial charge is 0.259 e. The Morgan fingerprint density at radius 1 is 1.20 bits per heavy atom. The van der Waals surface area contributed by atoms with Crippen LogP contribution >= 0.6 is 11.8 Å². The quantitative estimate of drug-likeness (QED) is 0.804. The van der Waals surface area contributed by atoms with Gasteiger partial charge in [-0.25, -0.2) is 4.98 Å². The third-order valence-electron chi connectivity index (χ3n) is 1.90. The van der Waals surface area contributed by atoms with Gasteiger partial charge in [-0.2, -0.15) is 0 Å². The van der Waals surface area contributed by atoms with Gasteiger partial charge in [0.2, 0.25) is 5.16 Å². The fraction of sp³-hybridized carbons (Fsp3) is 0.0909. The lowest BCUT2D eigenvalue weighted by Crippen LogP contribution is -1.74. The number of rotatable bonds is 3. The molecule has 0 radical (unpaired) electrons. The van der Waals surface area contributed by atoms with E-state index in [1.807, 2.05) is 48.7 Å². The standard InChI is InChI=1S/C11H11N3S/c1-15-11-12-10(13-14-11)8-7-9-5-3-2-4-6-9/h2-8H,1H3,(H,12,13,14). The van der Waals surface area contributed by atoms with Crippen LogP contribution in [0.4, 0.5) is 0 Å². The lowest BCUT2D eigenvalue weighted by atomic mass is 10.2. The first-order chi connectivity index (χ1) is 7.38. The van der Waals surface area contributed by atoms with Crippen LogP contribution in [0.1, 0.15) is 11.4 Å². The van der Waals surface area contributed by atoms with Crippen molar-refractivity contribution < 1.29 is 0 Å². The zero-order valence-electron chi connectivity index (χ0n) is 8.34. The summed E-state index contributed by atoms with van der Waals surface area (Å²) in [5.74, 6) is 0.781. The van der Waals surface area contributed by atoms with E-state index < -0.39 is 0 Å². The molecule has 1 heterocycles. The first kappa shape index (κ1) is 9.98. The summed E-state index contributed by atoms with van der Waals surface area (Å²) in [6.45, 7) is 0. The summed E-state index contributed by atoms with van der Waals surface area (Å²) in [5, 5.41) is 7.65. The zero-order valence-corrected chi connectivity index (χ0v) is 9.16. The Hall–Kier alpha value is -1.55. The van der Waals surface area contributed by atoms with Crippen LogP contribution in [0, 0.1) is 0 Å². The second-order valence-corrected chi connectivity index (χ2v) is 3.72. The number of hydrogen-bond donors (Lipinski definition) is 1. The highest BCUT2D eigenvalue weighted by Crippen LogP contribution is 2.09. The van der Waals surface area contributed by atoms with Crippen LogP contribution < -0.4 is 0 Å². The molecule has 15 heavy (non-hydrogen) atoms. The minimum Gasteiger partial charge on any atom is -0.259 e. The van der Waals surface area contributed by atoms with E-state index in [9.17, 15) is 0 Å². The molecular formula is C11H11N3S. The van der Waals surface area contributed by atoms with Crippen molar-refractivity contribution in [1.29, 1.82) is 0 Å². The average molecular weight is 217 g/mol. The van der Waals surface area contributed by atoms with Gasteiger partial charge in [-0.05, 0) is 17.9 Å². The van der Waals surface area contributed by atoms with Gasteiger partial charge >= 0.3 is 0 Å². The first-order valence-electron chi connectivity index (χ1n) is 4.58. The topological polar surface area (TPSA) is 41.6 Å². The molecule has 0 fully saturated rings. The Labute approximate surface area is 92.6 Å². The van der Waals surface area contributed by atoms with E-state index in [0.29, 0.717) is 0 Å². The van der Waals surface area contributed by atoms with Crippen LogP contribution in [-0.4, -0.2) is 21.4 Å². The van der Waals surface area contributed by atoms with Crippen LogP contribution in [0.5, 0.6) is 0 Å².